The van der Waals surface area contributed by atoms with Gasteiger partial charge in [0.25, 0.3) is 0 Å². The fourth-order valence-corrected chi connectivity index (χ4v) is 3.66. The van der Waals surface area contributed by atoms with E-state index in [0.29, 0.717) is 6.04 Å². The summed E-state index contributed by atoms with van der Waals surface area (Å²) in [6.45, 7) is 5.04. The Hall–Kier alpha value is -0.570. The van der Waals surface area contributed by atoms with Crippen LogP contribution in [0.5, 0.6) is 0 Å². The standard InChI is InChI=1S/C14H25NO2/c1-10(14(16)17)11(2)15-9-5-7-12-6-3-4-8-13(12)15/h10-13H,3-9H2,1-2H3,(H,16,17). The lowest BCUT2D eigenvalue weighted by molar-refractivity contribution is -0.144. The van der Waals surface area contributed by atoms with Crippen LogP contribution < -0.4 is 0 Å². The Balaban J connectivity index is 2.05. The second-order valence-corrected chi connectivity index (χ2v) is 5.86. The van der Waals surface area contributed by atoms with Crippen molar-refractivity contribution in [1.29, 1.82) is 0 Å². The fraction of sp³-hybridized carbons (Fsp3) is 0.929. The summed E-state index contributed by atoms with van der Waals surface area (Å²) >= 11 is 0. The second-order valence-electron chi connectivity index (χ2n) is 5.86. The number of rotatable bonds is 3. The van der Waals surface area contributed by atoms with E-state index < -0.39 is 5.97 Å². The van der Waals surface area contributed by atoms with Crippen LogP contribution in [0.25, 0.3) is 0 Å². The van der Waals surface area contributed by atoms with Crippen LogP contribution in [0, 0.1) is 11.8 Å². The van der Waals surface area contributed by atoms with Crippen LogP contribution in [0.4, 0.5) is 0 Å². The number of likely N-dealkylation sites (tertiary alicyclic amines) is 1. The first kappa shape index (κ1) is 12.9. The van der Waals surface area contributed by atoms with Gasteiger partial charge < -0.3 is 5.11 Å². The molecule has 0 aromatic carbocycles. The Labute approximate surface area is 104 Å². The highest BCUT2D eigenvalue weighted by atomic mass is 16.4. The minimum atomic E-state index is -0.657. The Morgan fingerprint density at radius 1 is 1.18 bits per heavy atom. The number of carboxylic acid groups (broad SMARTS) is 1. The van der Waals surface area contributed by atoms with Crippen molar-refractivity contribution in [2.45, 2.75) is 64.5 Å². The molecule has 17 heavy (non-hydrogen) atoms. The van der Waals surface area contributed by atoms with Crippen LogP contribution in [-0.4, -0.2) is 34.6 Å². The largest absolute Gasteiger partial charge is 0.481 e. The van der Waals surface area contributed by atoms with Crippen molar-refractivity contribution in [3.63, 3.8) is 0 Å². The molecule has 0 spiro atoms. The first-order valence-electron chi connectivity index (χ1n) is 7.10. The van der Waals surface area contributed by atoms with Gasteiger partial charge in [-0.15, -0.1) is 0 Å². The maximum atomic E-state index is 11.1. The monoisotopic (exact) mass is 239 g/mol. The number of aliphatic carboxylic acids is 1. The van der Waals surface area contributed by atoms with E-state index in [0.717, 1.165) is 12.5 Å². The molecular weight excluding hydrogens is 214 g/mol. The molecule has 0 aromatic heterocycles. The number of carbonyl (C=O) groups is 1. The lowest BCUT2D eigenvalue weighted by Crippen LogP contribution is -2.53. The van der Waals surface area contributed by atoms with Crippen molar-refractivity contribution >= 4 is 5.97 Å². The first-order valence-corrected chi connectivity index (χ1v) is 7.10. The summed E-state index contributed by atoms with van der Waals surface area (Å²) in [5.41, 5.74) is 0. The molecule has 4 atom stereocenters. The van der Waals surface area contributed by atoms with Crippen LogP contribution in [0.3, 0.4) is 0 Å². The Bertz CT molecular complexity index is 277. The van der Waals surface area contributed by atoms with Crippen LogP contribution in [0.2, 0.25) is 0 Å². The van der Waals surface area contributed by atoms with Gasteiger partial charge in [-0.1, -0.05) is 19.8 Å². The number of carboxylic acids is 1. The molecule has 1 saturated heterocycles. The molecule has 0 radical (unpaired) electrons. The summed E-state index contributed by atoms with van der Waals surface area (Å²) in [5, 5.41) is 9.15. The first-order chi connectivity index (χ1) is 8.11. The average Bonchev–Trinajstić information content (AvgIpc) is 2.36. The lowest BCUT2D eigenvalue weighted by Gasteiger charge is -2.47. The third-order valence-corrected chi connectivity index (χ3v) is 4.92. The number of fused-ring (bicyclic) bond motifs is 1. The molecule has 1 saturated carbocycles. The molecule has 1 aliphatic carbocycles. The molecule has 2 rings (SSSR count). The van der Waals surface area contributed by atoms with Gasteiger partial charge in [0, 0.05) is 12.1 Å². The van der Waals surface area contributed by atoms with Crippen molar-refractivity contribution in [3.05, 3.63) is 0 Å². The van der Waals surface area contributed by atoms with Crippen molar-refractivity contribution in [2.75, 3.05) is 6.54 Å². The molecule has 1 N–H and O–H groups in total. The number of hydrogen-bond acceptors (Lipinski definition) is 2. The quantitative estimate of drug-likeness (QED) is 0.823. The smallest absolute Gasteiger partial charge is 0.307 e. The molecule has 98 valence electrons. The van der Waals surface area contributed by atoms with E-state index in [1.807, 2.05) is 6.92 Å². The molecule has 3 nitrogen and oxygen atoms in total. The summed E-state index contributed by atoms with van der Waals surface area (Å²) in [5.74, 6) is -0.0768. The van der Waals surface area contributed by atoms with Gasteiger partial charge in [-0.2, -0.15) is 0 Å². The maximum absolute atomic E-state index is 11.1. The van der Waals surface area contributed by atoms with Gasteiger partial charge in [-0.05, 0) is 45.1 Å². The van der Waals surface area contributed by atoms with Crippen molar-refractivity contribution in [1.82, 2.24) is 4.90 Å². The summed E-state index contributed by atoms with van der Waals surface area (Å²) in [6, 6.07) is 0.840. The Morgan fingerprint density at radius 2 is 1.82 bits per heavy atom. The predicted octanol–water partition coefficient (Wildman–Crippen LogP) is 2.75. The molecular formula is C14H25NO2. The van der Waals surface area contributed by atoms with Gasteiger partial charge in [0.05, 0.1) is 5.92 Å². The Kier molecular flexibility index (Phi) is 4.08. The molecule has 1 aliphatic heterocycles. The highest BCUT2D eigenvalue weighted by Gasteiger charge is 2.37. The van der Waals surface area contributed by atoms with Crippen LogP contribution in [0.15, 0.2) is 0 Å². The molecule has 2 aliphatic rings. The fourth-order valence-electron chi connectivity index (χ4n) is 3.66. The van der Waals surface area contributed by atoms with Crippen molar-refractivity contribution < 1.29 is 9.90 Å². The zero-order valence-corrected chi connectivity index (χ0v) is 11.1. The predicted molar refractivity (Wildman–Crippen MR) is 67.9 cm³/mol. The van der Waals surface area contributed by atoms with Crippen molar-refractivity contribution in [2.24, 2.45) is 11.8 Å². The number of hydrogen-bond donors (Lipinski definition) is 1. The summed E-state index contributed by atoms with van der Waals surface area (Å²) in [6.07, 6.45) is 7.94. The van der Waals surface area contributed by atoms with E-state index in [9.17, 15) is 4.79 Å². The van der Waals surface area contributed by atoms with Gasteiger partial charge in [-0.3, -0.25) is 9.69 Å². The van der Waals surface area contributed by atoms with E-state index in [2.05, 4.69) is 11.8 Å². The van der Waals surface area contributed by atoms with Gasteiger partial charge >= 0.3 is 5.97 Å². The molecule has 4 unspecified atom stereocenters. The van der Waals surface area contributed by atoms with E-state index in [1.54, 1.807) is 0 Å². The van der Waals surface area contributed by atoms with Crippen LogP contribution in [-0.2, 0) is 4.79 Å². The minimum Gasteiger partial charge on any atom is -0.481 e. The maximum Gasteiger partial charge on any atom is 0.307 e. The number of piperidine rings is 1. The molecule has 2 fully saturated rings. The summed E-state index contributed by atoms with van der Waals surface area (Å²) in [4.78, 5) is 13.6. The average molecular weight is 239 g/mol. The normalized spacial score (nSPS) is 33.8. The summed E-state index contributed by atoms with van der Waals surface area (Å²) in [7, 11) is 0. The van der Waals surface area contributed by atoms with Gasteiger partial charge in [0.1, 0.15) is 0 Å². The highest BCUT2D eigenvalue weighted by molar-refractivity contribution is 5.70. The van der Waals surface area contributed by atoms with Crippen LogP contribution in [0.1, 0.15) is 52.4 Å². The van der Waals surface area contributed by atoms with Crippen LogP contribution >= 0.6 is 0 Å². The minimum absolute atomic E-state index is 0.179. The van der Waals surface area contributed by atoms with E-state index in [-0.39, 0.29) is 12.0 Å². The van der Waals surface area contributed by atoms with E-state index in [4.69, 9.17) is 5.11 Å². The summed E-state index contributed by atoms with van der Waals surface area (Å²) < 4.78 is 0. The van der Waals surface area contributed by atoms with Gasteiger partial charge in [0.15, 0.2) is 0 Å². The van der Waals surface area contributed by atoms with E-state index in [1.165, 1.54) is 38.5 Å². The molecule has 0 amide bonds. The third-order valence-electron chi connectivity index (χ3n) is 4.92. The van der Waals surface area contributed by atoms with Gasteiger partial charge in [0.2, 0.25) is 0 Å². The van der Waals surface area contributed by atoms with Gasteiger partial charge in [-0.25, -0.2) is 0 Å². The number of nitrogens with zero attached hydrogens (tertiary/aromatic N) is 1. The van der Waals surface area contributed by atoms with Crippen molar-refractivity contribution in [3.8, 4) is 0 Å². The van der Waals surface area contributed by atoms with E-state index >= 15 is 0 Å². The highest BCUT2D eigenvalue weighted by Crippen LogP contribution is 2.37. The Morgan fingerprint density at radius 3 is 2.53 bits per heavy atom. The SMILES string of the molecule is CC(C(=O)O)C(C)N1CCCC2CCCCC21. The third kappa shape index (κ3) is 2.65. The topological polar surface area (TPSA) is 40.5 Å². The molecule has 3 heteroatoms. The molecule has 1 heterocycles. The molecule has 0 aromatic rings. The zero-order chi connectivity index (χ0) is 12.4. The second kappa shape index (κ2) is 5.38. The lowest BCUT2D eigenvalue weighted by atomic mass is 9.77. The zero-order valence-electron chi connectivity index (χ0n) is 11.1. The molecule has 0 bridgehead atoms.